The molecular weight excluding hydrogens is 969 g/mol. The predicted octanol–water partition coefficient (Wildman–Crippen LogP) is 10.2. The molecule has 386 valence electrons. The Kier molecular flexibility index (Phi) is 18.3. The molecule has 1 atom stereocenters. The van der Waals surface area contributed by atoms with Crippen molar-refractivity contribution in [3.05, 3.63) is 120 Å². The van der Waals surface area contributed by atoms with Crippen molar-refractivity contribution in [1.29, 1.82) is 0 Å². The van der Waals surface area contributed by atoms with Gasteiger partial charge in [-0.15, -0.1) is 0 Å². The lowest BCUT2D eigenvalue weighted by Gasteiger charge is -2.32. The molecule has 15 nitrogen and oxygen atoms in total. The first kappa shape index (κ1) is 55.1. The second-order valence-corrected chi connectivity index (χ2v) is 24.1. The second kappa shape index (κ2) is 23.5. The van der Waals surface area contributed by atoms with Crippen LogP contribution in [-0.4, -0.2) is 99.6 Å². The van der Waals surface area contributed by atoms with Gasteiger partial charge >= 0.3 is 5.97 Å². The molecule has 0 amide bonds. The fourth-order valence-electron chi connectivity index (χ4n) is 9.93. The molecule has 0 spiro atoms. The highest BCUT2D eigenvalue weighted by Gasteiger charge is 2.44. The van der Waals surface area contributed by atoms with Gasteiger partial charge in [-0.25, -0.2) is 0 Å². The molecule has 0 aromatic heterocycles. The summed E-state index contributed by atoms with van der Waals surface area (Å²) in [5.74, 6) is -0.426. The van der Waals surface area contributed by atoms with Gasteiger partial charge in [-0.05, 0) is 133 Å². The molecule has 71 heavy (non-hydrogen) atoms. The highest BCUT2D eigenvalue weighted by molar-refractivity contribution is 7.86. The molecule has 2 heterocycles. The van der Waals surface area contributed by atoms with Crippen LogP contribution < -0.4 is 19.3 Å². The van der Waals surface area contributed by atoms with E-state index in [9.17, 15) is 39.2 Å². The summed E-state index contributed by atoms with van der Waals surface area (Å²) in [6.45, 7) is 10.5. The van der Waals surface area contributed by atoms with Gasteiger partial charge in [0.2, 0.25) is 0 Å². The summed E-state index contributed by atoms with van der Waals surface area (Å²) in [6.07, 6.45) is 18.6. The monoisotopic (exact) mass is 1040 g/mol. The van der Waals surface area contributed by atoms with Gasteiger partial charge in [-0.2, -0.15) is 25.3 Å². The van der Waals surface area contributed by atoms with Crippen LogP contribution >= 0.6 is 0 Å². The van der Waals surface area contributed by atoms with E-state index in [0.29, 0.717) is 64.0 Å². The van der Waals surface area contributed by atoms with Gasteiger partial charge < -0.3 is 24.4 Å². The van der Waals surface area contributed by atoms with Gasteiger partial charge in [0.1, 0.15) is 11.5 Å². The molecule has 6 rings (SSSR count). The number of hydrogen-bond donors (Lipinski definition) is 4. The van der Waals surface area contributed by atoms with Crippen LogP contribution in [0, 0.1) is 0 Å². The Hall–Kier alpha value is -5.24. The number of anilines is 2. The molecule has 4 aromatic carbocycles. The Morgan fingerprint density at radius 1 is 0.592 bits per heavy atom. The van der Waals surface area contributed by atoms with Gasteiger partial charge in [0.25, 0.3) is 30.4 Å². The summed E-state index contributed by atoms with van der Waals surface area (Å²) in [6, 6.07) is 20.1. The average Bonchev–Trinajstić information content (AvgIpc) is 3.64. The summed E-state index contributed by atoms with van der Waals surface area (Å²) in [4.78, 5) is 15.4. The van der Waals surface area contributed by atoms with Gasteiger partial charge in [0.15, 0.2) is 0 Å². The summed E-state index contributed by atoms with van der Waals surface area (Å²) < 4.78 is 109. The van der Waals surface area contributed by atoms with Crippen LogP contribution in [0.25, 0.3) is 21.5 Å². The largest absolute Gasteiger partial charge is 0.494 e. The fraction of sp³-hybridized carbons (Fsp3) is 0.453. The first-order valence-corrected chi connectivity index (χ1v) is 29.0. The van der Waals surface area contributed by atoms with Crippen molar-refractivity contribution >= 4 is 69.2 Å². The Morgan fingerprint density at radius 2 is 1.08 bits per heavy atom. The second-order valence-electron chi connectivity index (χ2n) is 19.4. The number of carboxylic acids is 1. The van der Waals surface area contributed by atoms with Crippen LogP contribution in [0.2, 0.25) is 0 Å². The summed E-state index contributed by atoms with van der Waals surface area (Å²) in [7, 11) is -12.3. The number of allylic oxidation sites excluding steroid dienone is 7. The number of carboxylic acid groups (broad SMARTS) is 1. The quantitative estimate of drug-likeness (QED) is 0.0248. The topological polar surface area (TPSA) is 225 Å². The Labute approximate surface area is 419 Å². The third-order valence-electron chi connectivity index (χ3n) is 13.3. The van der Waals surface area contributed by atoms with Gasteiger partial charge in [0.05, 0.1) is 36.5 Å². The molecule has 18 heteroatoms. The Morgan fingerprint density at radius 3 is 1.66 bits per heavy atom. The van der Waals surface area contributed by atoms with E-state index in [1.165, 1.54) is 0 Å². The number of benzene rings is 4. The number of carbonyl (C=O) groups is 1. The number of fused-ring (bicyclic) bond motifs is 6. The van der Waals surface area contributed by atoms with Crippen LogP contribution in [-0.2, 0) is 46.0 Å². The molecule has 0 bridgehead atoms. The Balaban J connectivity index is 1.23. The summed E-state index contributed by atoms with van der Waals surface area (Å²) in [5.41, 5.74) is 4.35. The van der Waals surface area contributed by atoms with Crippen molar-refractivity contribution < 1.29 is 58.3 Å². The molecule has 0 aliphatic carbocycles. The van der Waals surface area contributed by atoms with Gasteiger partial charge in [-0.3, -0.25) is 18.5 Å². The third-order valence-corrected chi connectivity index (χ3v) is 15.7. The predicted molar refractivity (Wildman–Crippen MR) is 282 cm³/mol. The van der Waals surface area contributed by atoms with Gasteiger partial charge in [-0.1, -0.05) is 88.4 Å². The molecule has 0 radical (unpaired) electrons. The normalized spacial score (nSPS) is 17.4. The molecule has 0 saturated heterocycles. The lowest BCUT2D eigenvalue weighted by atomic mass is 9.78. The van der Waals surface area contributed by atoms with Crippen LogP contribution in [0.15, 0.2) is 109 Å². The maximum Gasteiger partial charge on any atom is 0.303 e. The van der Waals surface area contributed by atoms with Gasteiger partial charge in [0, 0.05) is 47.4 Å². The van der Waals surface area contributed by atoms with E-state index in [1.54, 1.807) is 0 Å². The zero-order valence-electron chi connectivity index (χ0n) is 41.0. The van der Waals surface area contributed by atoms with Crippen molar-refractivity contribution in [1.82, 2.24) is 0 Å². The SMILES string of the molecule is CC1(C)C(=CC=CC=CC=CC2N(CCCCS(=O)(=O)O)c3ccc4ccc(OCCCCS(=O)(=O)O)cc4c3C2(C)C)N(CCCCS(=O)(=O)O)c2ccc3ccc(OCCCCCC(=O)O)cc3c21. The van der Waals surface area contributed by atoms with E-state index in [2.05, 4.69) is 73.9 Å². The number of aliphatic carboxylic acids is 1. The van der Waals surface area contributed by atoms with Crippen molar-refractivity contribution in [2.24, 2.45) is 0 Å². The maximum absolute atomic E-state index is 11.6. The first-order chi connectivity index (χ1) is 33.5. The van der Waals surface area contributed by atoms with E-state index in [4.69, 9.17) is 19.1 Å². The number of unbranched alkanes of at least 4 members (excludes halogenated alkanes) is 5. The maximum atomic E-state index is 11.6. The Bertz CT molecular complexity index is 3010. The molecule has 0 saturated carbocycles. The zero-order valence-corrected chi connectivity index (χ0v) is 43.4. The van der Waals surface area contributed by atoms with Crippen LogP contribution in [0.5, 0.6) is 11.5 Å². The summed E-state index contributed by atoms with van der Waals surface area (Å²) >= 11 is 0. The van der Waals surface area contributed by atoms with E-state index in [0.717, 1.165) is 68.3 Å². The van der Waals surface area contributed by atoms with Crippen LogP contribution in [0.4, 0.5) is 11.4 Å². The minimum atomic E-state index is -4.11. The lowest BCUT2D eigenvalue weighted by molar-refractivity contribution is -0.137. The molecule has 4 aromatic rings. The van der Waals surface area contributed by atoms with Crippen molar-refractivity contribution in [2.45, 2.75) is 109 Å². The molecule has 1 unspecified atom stereocenters. The molecule has 2 aliphatic heterocycles. The minimum Gasteiger partial charge on any atom is -0.494 e. The third kappa shape index (κ3) is 14.9. The fourth-order valence-corrected chi connectivity index (χ4v) is 11.6. The average molecular weight is 1040 g/mol. The minimum absolute atomic E-state index is 0.133. The first-order valence-electron chi connectivity index (χ1n) is 24.2. The van der Waals surface area contributed by atoms with Crippen molar-refractivity contribution in [3.63, 3.8) is 0 Å². The zero-order chi connectivity index (χ0) is 51.6. The van der Waals surface area contributed by atoms with Crippen LogP contribution in [0.3, 0.4) is 0 Å². The standard InChI is InChI=1S/C53H68N2O13S3/c1-52(2)47(54(30-12-16-34-69(58,59)60)45-28-24-39-22-26-41(37-43(39)50(45)52)67-32-14-8-11-21-49(56)57)19-9-6-5-7-10-20-48-53(3,4)51-44-38-42(68-33-15-18-36-71(64,65)66)27-23-40(44)25-29-46(51)55(48)31-13-17-35-70(61,62)63/h5-7,9-10,19-20,22-29,37-38,48H,8,11-18,21,30-36H2,1-4H3,(H,56,57)(H,58,59,60)(H,61,62,63)(H,64,65,66). The van der Waals surface area contributed by atoms with Crippen molar-refractivity contribution in [3.8, 4) is 11.5 Å². The lowest BCUT2D eigenvalue weighted by Crippen LogP contribution is -2.40. The van der Waals surface area contributed by atoms with E-state index in [-0.39, 0.29) is 42.7 Å². The number of ether oxygens (including phenoxy) is 2. The molecule has 0 fully saturated rings. The number of hydrogen-bond acceptors (Lipinski definition) is 11. The molecular formula is C53H68N2O13S3. The van der Waals surface area contributed by atoms with Crippen LogP contribution in [0.1, 0.15) is 103 Å². The van der Waals surface area contributed by atoms with E-state index >= 15 is 0 Å². The summed E-state index contributed by atoms with van der Waals surface area (Å²) in [5, 5.41) is 13.1. The van der Waals surface area contributed by atoms with E-state index in [1.807, 2.05) is 66.8 Å². The van der Waals surface area contributed by atoms with E-state index < -0.39 is 47.2 Å². The highest BCUT2D eigenvalue weighted by Crippen LogP contribution is 2.52. The van der Waals surface area contributed by atoms with Crippen molar-refractivity contribution in [2.75, 3.05) is 53.4 Å². The molecule has 4 N–H and O–H groups in total. The number of nitrogens with zero attached hydrogens (tertiary/aromatic N) is 2. The highest BCUT2D eigenvalue weighted by atomic mass is 32.2. The molecule has 2 aliphatic rings. The number of rotatable bonds is 27. The smallest absolute Gasteiger partial charge is 0.303 e.